The smallest absolute Gasteiger partial charge is 0.194 e. The van der Waals surface area contributed by atoms with Crippen LogP contribution in [0.3, 0.4) is 0 Å². The number of hydrogen-bond donors (Lipinski definition) is 1. The van der Waals surface area contributed by atoms with Crippen molar-refractivity contribution in [1.82, 2.24) is 15.1 Å². The Kier molecular flexibility index (Phi) is 10.8. The number of nitrogens with zero attached hydrogens (tertiary/aromatic N) is 3. The highest BCUT2D eigenvalue weighted by Gasteiger charge is 2.28. The summed E-state index contributed by atoms with van der Waals surface area (Å²) in [6, 6.07) is 6.66. The Bertz CT molecular complexity index is 649. The molecule has 2 aliphatic heterocycles. The molecule has 1 aromatic rings. The molecule has 30 heavy (non-hydrogen) atoms. The van der Waals surface area contributed by atoms with Crippen molar-refractivity contribution in [2.45, 2.75) is 52.2 Å². The Balaban J connectivity index is 0.00000320. The maximum absolute atomic E-state index is 13.3. The van der Waals surface area contributed by atoms with Crippen molar-refractivity contribution in [2.24, 2.45) is 10.9 Å². The Labute approximate surface area is 198 Å². The van der Waals surface area contributed by atoms with E-state index in [1.165, 1.54) is 44.6 Å². The minimum Gasteiger partial charge on any atom is -0.367 e. The lowest BCUT2D eigenvalue weighted by Gasteiger charge is -2.39. The van der Waals surface area contributed by atoms with E-state index in [2.05, 4.69) is 35.9 Å². The first-order valence-corrected chi connectivity index (χ1v) is 11.3. The molecule has 1 aromatic carbocycles. The second-order valence-corrected chi connectivity index (χ2v) is 8.29. The van der Waals surface area contributed by atoms with Crippen LogP contribution in [0.5, 0.6) is 0 Å². The largest absolute Gasteiger partial charge is 0.367 e. The molecule has 2 aliphatic rings. The van der Waals surface area contributed by atoms with Crippen LogP contribution in [0.15, 0.2) is 29.3 Å². The number of morpholine rings is 1. The average Bonchev–Trinajstić information content (AvgIpc) is 2.73. The van der Waals surface area contributed by atoms with Crippen LogP contribution < -0.4 is 5.32 Å². The first-order chi connectivity index (χ1) is 14.1. The maximum atomic E-state index is 13.3. The molecule has 7 heteroatoms. The van der Waals surface area contributed by atoms with Crippen LogP contribution in [0, 0.1) is 11.7 Å². The average molecular weight is 532 g/mol. The normalized spacial score (nSPS) is 23.9. The molecule has 1 N–H and O–H groups in total. The molecule has 0 saturated carbocycles. The summed E-state index contributed by atoms with van der Waals surface area (Å²) < 4.78 is 19.4. The molecular weight excluding hydrogens is 494 g/mol. The van der Waals surface area contributed by atoms with Gasteiger partial charge < -0.3 is 19.9 Å². The fourth-order valence-electron chi connectivity index (χ4n) is 4.36. The second kappa shape index (κ2) is 12.8. The van der Waals surface area contributed by atoms with Crippen molar-refractivity contribution < 1.29 is 9.13 Å². The van der Waals surface area contributed by atoms with E-state index in [4.69, 9.17) is 9.73 Å². The van der Waals surface area contributed by atoms with Gasteiger partial charge in [0.2, 0.25) is 0 Å². The van der Waals surface area contributed by atoms with E-state index in [-0.39, 0.29) is 42.0 Å². The summed E-state index contributed by atoms with van der Waals surface area (Å²) in [5.74, 6) is 1.55. The van der Waals surface area contributed by atoms with Crippen molar-refractivity contribution in [3.05, 3.63) is 35.6 Å². The Hall–Kier alpha value is -0.930. The lowest BCUT2D eigenvalue weighted by atomic mass is 9.94. The van der Waals surface area contributed by atoms with Gasteiger partial charge in [0.15, 0.2) is 5.96 Å². The van der Waals surface area contributed by atoms with Crippen LogP contribution in [0.4, 0.5) is 4.39 Å². The van der Waals surface area contributed by atoms with Crippen molar-refractivity contribution in [2.75, 3.05) is 45.8 Å². The minimum atomic E-state index is -0.214. The standard InChI is InChI=1S/C23H37FN4O.HI/c1-4-25-23(26-13-10-19-11-14-27(5-2)15-12-19)28-16-18(3)29-22(17-28)20-6-8-21(24)9-7-20;/h6-9,18-19,22H,4-5,10-17H2,1-3H3,(H,25,26);1H. The minimum absolute atomic E-state index is 0. The van der Waals surface area contributed by atoms with Gasteiger partial charge in [0, 0.05) is 19.6 Å². The predicted molar refractivity (Wildman–Crippen MR) is 132 cm³/mol. The van der Waals surface area contributed by atoms with Crippen LogP contribution in [0.25, 0.3) is 0 Å². The van der Waals surface area contributed by atoms with Gasteiger partial charge in [0.05, 0.1) is 12.6 Å². The van der Waals surface area contributed by atoms with E-state index in [0.29, 0.717) is 0 Å². The quantitative estimate of drug-likeness (QED) is 0.337. The van der Waals surface area contributed by atoms with Crippen LogP contribution in [0.2, 0.25) is 0 Å². The Morgan fingerprint density at radius 1 is 1.17 bits per heavy atom. The van der Waals surface area contributed by atoms with E-state index in [0.717, 1.165) is 50.0 Å². The molecular formula is C23H38FIN4O. The van der Waals surface area contributed by atoms with Gasteiger partial charge in [-0.1, -0.05) is 19.1 Å². The fraction of sp³-hybridized carbons (Fsp3) is 0.696. The molecule has 2 atom stereocenters. The molecule has 170 valence electrons. The lowest BCUT2D eigenvalue weighted by Crippen LogP contribution is -2.50. The van der Waals surface area contributed by atoms with Crippen LogP contribution in [0.1, 0.15) is 51.7 Å². The number of guanidine groups is 1. The zero-order chi connectivity index (χ0) is 20.6. The van der Waals surface area contributed by atoms with Crippen molar-refractivity contribution in [3.8, 4) is 0 Å². The molecule has 3 rings (SSSR count). The van der Waals surface area contributed by atoms with Gasteiger partial charge in [-0.15, -0.1) is 24.0 Å². The first-order valence-electron chi connectivity index (χ1n) is 11.3. The van der Waals surface area contributed by atoms with Gasteiger partial charge >= 0.3 is 0 Å². The number of likely N-dealkylation sites (tertiary alicyclic amines) is 1. The molecule has 2 unspecified atom stereocenters. The highest BCUT2D eigenvalue weighted by Crippen LogP contribution is 2.26. The summed E-state index contributed by atoms with van der Waals surface area (Å²) in [6.45, 7) is 13.3. The molecule has 0 bridgehead atoms. The highest BCUT2D eigenvalue weighted by atomic mass is 127. The summed E-state index contributed by atoms with van der Waals surface area (Å²) in [5, 5.41) is 3.46. The Morgan fingerprint density at radius 3 is 2.50 bits per heavy atom. The SMILES string of the molecule is CCNC(=NCCC1CCN(CC)CC1)N1CC(C)OC(c2ccc(F)cc2)C1.I. The number of ether oxygens (including phenoxy) is 1. The molecule has 5 nitrogen and oxygen atoms in total. The molecule has 0 radical (unpaired) electrons. The maximum Gasteiger partial charge on any atom is 0.194 e. The number of halogens is 2. The zero-order valence-corrected chi connectivity index (χ0v) is 21.0. The van der Waals surface area contributed by atoms with E-state index in [1.807, 2.05) is 12.1 Å². The molecule has 0 spiro atoms. The van der Waals surface area contributed by atoms with Gasteiger partial charge in [-0.05, 0) is 76.4 Å². The molecule has 2 saturated heterocycles. The number of piperidine rings is 1. The topological polar surface area (TPSA) is 40.1 Å². The number of nitrogens with one attached hydrogen (secondary N) is 1. The molecule has 2 fully saturated rings. The van der Waals surface area contributed by atoms with Gasteiger partial charge in [0.25, 0.3) is 0 Å². The molecule has 2 heterocycles. The second-order valence-electron chi connectivity index (χ2n) is 8.29. The fourth-order valence-corrected chi connectivity index (χ4v) is 4.36. The van der Waals surface area contributed by atoms with Crippen molar-refractivity contribution in [3.63, 3.8) is 0 Å². The summed E-state index contributed by atoms with van der Waals surface area (Å²) in [5.41, 5.74) is 1.02. The van der Waals surface area contributed by atoms with Gasteiger partial charge in [-0.25, -0.2) is 4.39 Å². The third-order valence-corrected chi connectivity index (χ3v) is 6.09. The number of aliphatic imine (C=N–C) groups is 1. The molecule has 0 aliphatic carbocycles. The highest BCUT2D eigenvalue weighted by molar-refractivity contribution is 14.0. The van der Waals surface area contributed by atoms with Crippen LogP contribution in [-0.4, -0.2) is 67.7 Å². The third kappa shape index (κ3) is 7.34. The molecule has 0 amide bonds. The lowest BCUT2D eigenvalue weighted by molar-refractivity contribution is -0.0605. The van der Waals surface area contributed by atoms with Crippen LogP contribution >= 0.6 is 24.0 Å². The van der Waals surface area contributed by atoms with E-state index in [9.17, 15) is 4.39 Å². The number of benzene rings is 1. The van der Waals surface area contributed by atoms with E-state index >= 15 is 0 Å². The van der Waals surface area contributed by atoms with E-state index in [1.54, 1.807) is 0 Å². The van der Waals surface area contributed by atoms with Gasteiger partial charge in [-0.2, -0.15) is 0 Å². The number of hydrogen-bond acceptors (Lipinski definition) is 3. The summed E-state index contributed by atoms with van der Waals surface area (Å²) in [7, 11) is 0. The summed E-state index contributed by atoms with van der Waals surface area (Å²) in [6.07, 6.45) is 3.78. The van der Waals surface area contributed by atoms with Gasteiger partial charge in [-0.3, -0.25) is 4.99 Å². The summed E-state index contributed by atoms with van der Waals surface area (Å²) >= 11 is 0. The monoisotopic (exact) mass is 532 g/mol. The van der Waals surface area contributed by atoms with Crippen molar-refractivity contribution >= 4 is 29.9 Å². The Morgan fingerprint density at radius 2 is 1.87 bits per heavy atom. The number of rotatable bonds is 6. The summed E-state index contributed by atoms with van der Waals surface area (Å²) in [4.78, 5) is 9.78. The van der Waals surface area contributed by atoms with Crippen LogP contribution in [-0.2, 0) is 4.74 Å². The molecule has 0 aromatic heterocycles. The zero-order valence-electron chi connectivity index (χ0n) is 18.6. The predicted octanol–water partition coefficient (Wildman–Crippen LogP) is 4.29. The first kappa shape index (κ1) is 25.3. The van der Waals surface area contributed by atoms with Gasteiger partial charge in [0.1, 0.15) is 11.9 Å². The van der Waals surface area contributed by atoms with E-state index < -0.39 is 0 Å². The van der Waals surface area contributed by atoms with Crippen molar-refractivity contribution in [1.29, 1.82) is 0 Å². The third-order valence-electron chi connectivity index (χ3n) is 6.09.